The molecule has 0 heterocycles. The predicted molar refractivity (Wildman–Crippen MR) is 145 cm³/mol. The smallest absolute Gasteiger partial charge is 0.261 e. The SMILES string of the molecule is CCc1ccc(OCC(=O)N(Cc2ccc(Cl)cc2)[C@@H](Cc2ccccc2)C(=O)NC(C)(C)C)cc1. The van der Waals surface area contributed by atoms with Crippen molar-refractivity contribution in [2.45, 2.75) is 58.7 Å². The number of rotatable bonds is 10. The molecule has 0 saturated carbocycles. The first-order valence-electron chi connectivity index (χ1n) is 12.3. The Kier molecular flexibility index (Phi) is 9.54. The molecule has 0 fully saturated rings. The van der Waals surface area contributed by atoms with Gasteiger partial charge in [-0.2, -0.15) is 0 Å². The van der Waals surface area contributed by atoms with Gasteiger partial charge in [0.1, 0.15) is 11.8 Å². The van der Waals surface area contributed by atoms with Crippen molar-refractivity contribution in [1.82, 2.24) is 10.2 Å². The lowest BCUT2D eigenvalue weighted by Crippen LogP contribution is -2.55. The number of halogens is 1. The van der Waals surface area contributed by atoms with Crippen LogP contribution in [0.25, 0.3) is 0 Å². The number of carbonyl (C=O) groups is 2. The van der Waals surface area contributed by atoms with E-state index in [0.717, 1.165) is 17.5 Å². The van der Waals surface area contributed by atoms with E-state index in [9.17, 15) is 9.59 Å². The molecular weight excluding hydrogens is 472 g/mol. The van der Waals surface area contributed by atoms with Crippen LogP contribution in [0.15, 0.2) is 78.9 Å². The molecule has 36 heavy (non-hydrogen) atoms. The number of nitrogens with zero attached hydrogens (tertiary/aromatic N) is 1. The van der Waals surface area contributed by atoms with E-state index in [4.69, 9.17) is 16.3 Å². The number of benzene rings is 3. The maximum absolute atomic E-state index is 13.6. The first-order valence-corrected chi connectivity index (χ1v) is 12.6. The maximum atomic E-state index is 13.6. The Morgan fingerprint density at radius 3 is 2.08 bits per heavy atom. The highest BCUT2D eigenvalue weighted by molar-refractivity contribution is 6.30. The summed E-state index contributed by atoms with van der Waals surface area (Å²) < 4.78 is 5.84. The molecule has 3 rings (SSSR count). The minimum Gasteiger partial charge on any atom is -0.484 e. The number of ether oxygens (including phenoxy) is 1. The van der Waals surface area contributed by atoms with E-state index in [0.29, 0.717) is 17.2 Å². The lowest BCUT2D eigenvalue weighted by atomic mass is 10.0. The molecule has 1 N–H and O–H groups in total. The van der Waals surface area contributed by atoms with Crippen molar-refractivity contribution in [3.63, 3.8) is 0 Å². The normalized spacial score (nSPS) is 12.0. The van der Waals surface area contributed by atoms with Crippen molar-refractivity contribution < 1.29 is 14.3 Å². The molecule has 0 aliphatic carbocycles. The largest absolute Gasteiger partial charge is 0.484 e. The van der Waals surface area contributed by atoms with Crippen LogP contribution in [0.2, 0.25) is 5.02 Å². The van der Waals surface area contributed by atoms with Crippen LogP contribution in [0.5, 0.6) is 5.75 Å². The monoisotopic (exact) mass is 506 g/mol. The predicted octanol–water partition coefficient (Wildman–Crippen LogP) is 5.84. The van der Waals surface area contributed by atoms with E-state index in [1.165, 1.54) is 5.56 Å². The van der Waals surface area contributed by atoms with E-state index < -0.39 is 11.6 Å². The summed E-state index contributed by atoms with van der Waals surface area (Å²) in [5.74, 6) is 0.140. The molecule has 0 aromatic heterocycles. The third-order valence-electron chi connectivity index (χ3n) is 5.73. The number of hydrogen-bond acceptors (Lipinski definition) is 3. The van der Waals surface area contributed by atoms with E-state index in [2.05, 4.69) is 12.2 Å². The number of nitrogens with one attached hydrogen (secondary N) is 1. The molecule has 190 valence electrons. The van der Waals surface area contributed by atoms with Crippen LogP contribution >= 0.6 is 11.6 Å². The van der Waals surface area contributed by atoms with E-state index >= 15 is 0 Å². The number of amides is 2. The molecule has 6 heteroatoms. The molecule has 0 aliphatic heterocycles. The fourth-order valence-corrected chi connectivity index (χ4v) is 3.97. The second-order valence-corrected chi connectivity index (χ2v) is 10.3. The Bertz CT molecular complexity index is 1120. The Morgan fingerprint density at radius 1 is 0.889 bits per heavy atom. The van der Waals surface area contributed by atoms with Crippen LogP contribution < -0.4 is 10.1 Å². The molecule has 0 bridgehead atoms. The second-order valence-electron chi connectivity index (χ2n) is 9.88. The molecule has 3 aromatic rings. The zero-order valence-electron chi connectivity index (χ0n) is 21.5. The summed E-state index contributed by atoms with van der Waals surface area (Å²) in [7, 11) is 0. The standard InChI is InChI=1S/C30H35ClN2O3/c1-5-22-13-17-26(18-14-22)36-21-28(34)33(20-24-11-15-25(31)16-12-24)27(29(35)32-30(2,3)4)19-23-9-7-6-8-10-23/h6-18,27H,5,19-21H2,1-4H3,(H,32,35)/t27-/m0/s1. The third-order valence-corrected chi connectivity index (χ3v) is 5.98. The molecule has 2 amide bonds. The van der Waals surface area contributed by atoms with Gasteiger partial charge in [0.2, 0.25) is 5.91 Å². The molecular formula is C30H35ClN2O3. The van der Waals surface area contributed by atoms with Gasteiger partial charge in [-0.25, -0.2) is 0 Å². The molecule has 3 aromatic carbocycles. The van der Waals surface area contributed by atoms with Crippen LogP contribution in [-0.4, -0.2) is 34.9 Å². The molecule has 0 radical (unpaired) electrons. The van der Waals surface area contributed by atoms with Gasteiger partial charge >= 0.3 is 0 Å². The fourth-order valence-electron chi connectivity index (χ4n) is 3.84. The Balaban J connectivity index is 1.90. The highest BCUT2D eigenvalue weighted by Crippen LogP contribution is 2.19. The quantitative estimate of drug-likeness (QED) is 0.376. The fraction of sp³-hybridized carbons (Fsp3) is 0.333. The van der Waals surface area contributed by atoms with E-state index in [1.807, 2.05) is 87.5 Å². The lowest BCUT2D eigenvalue weighted by Gasteiger charge is -2.33. The average molecular weight is 507 g/mol. The number of hydrogen-bond donors (Lipinski definition) is 1. The van der Waals surface area contributed by atoms with Crippen molar-refractivity contribution >= 4 is 23.4 Å². The van der Waals surface area contributed by atoms with Gasteiger partial charge < -0.3 is 15.0 Å². The molecule has 5 nitrogen and oxygen atoms in total. The van der Waals surface area contributed by atoms with E-state index in [-0.39, 0.29) is 25.0 Å². The summed E-state index contributed by atoms with van der Waals surface area (Å²) in [6, 6.07) is 24.0. The summed E-state index contributed by atoms with van der Waals surface area (Å²) in [6.45, 7) is 7.95. The van der Waals surface area contributed by atoms with Crippen LogP contribution in [0.4, 0.5) is 0 Å². The first kappa shape index (κ1) is 27.3. The number of carbonyl (C=O) groups excluding carboxylic acids is 2. The first-order chi connectivity index (χ1) is 17.1. The summed E-state index contributed by atoms with van der Waals surface area (Å²) in [6.07, 6.45) is 1.31. The van der Waals surface area contributed by atoms with E-state index in [1.54, 1.807) is 17.0 Å². The van der Waals surface area contributed by atoms with Gasteiger partial charge in [0.05, 0.1) is 0 Å². The highest BCUT2D eigenvalue weighted by Gasteiger charge is 2.32. The van der Waals surface area contributed by atoms with Gasteiger partial charge in [0.15, 0.2) is 6.61 Å². The highest BCUT2D eigenvalue weighted by atomic mass is 35.5. The molecule has 0 unspecified atom stereocenters. The Labute approximate surface area is 219 Å². The maximum Gasteiger partial charge on any atom is 0.261 e. The van der Waals surface area contributed by atoms with Crippen molar-refractivity contribution in [2.75, 3.05) is 6.61 Å². The number of aryl methyl sites for hydroxylation is 1. The van der Waals surface area contributed by atoms with Crippen LogP contribution in [0, 0.1) is 0 Å². The van der Waals surface area contributed by atoms with Crippen molar-refractivity contribution in [3.8, 4) is 5.75 Å². The third kappa shape index (κ3) is 8.42. The van der Waals surface area contributed by atoms with Crippen LogP contribution in [0.1, 0.15) is 44.4 Å². The Morgan fingerprint density at radius 2 is 1.50 bits per heavy atom. The van der Waals surface area contributed by atoms with Gasteiger partial charge in [-0.1, -0.05) is 73.1 Å². The summed E-state index contributed by atoms with van der Waals surface area (Å²) in [4.78, 5) is 28.7. The summed E-state index contributed by atoms with van der Waals surface area (Å²) >= 11 is 6.08. The minimum absolute atomic E-state index is 0.173. The summed E-state index contributed by atoms with van der Waals surface area (Å²) in [5.41, 5.74) is 2.59. The van der Waals surface area contributed by atoms with Crippen molar-refractivity contribution in [3.05, 3.63) is 101 Å². The lowest BCUT2D eigenvalue weighted by molar-refractivity contribution is -0.143. The minimum atomic E-state index is -0.721. The topological polar surface area (TPSA) is 58.6 Å². The van der Waals surface area contributed by atoms with Crippen LogP contribution in [-0.2, 0) is 29.0 Å². The molecule has 0 aliphatic rings. The van der Waals surface area contributed by atoms with Gasteiger partial charge in [0, 0.05) is 23.5 Å². The summed E-state index contributed by atoms with van der Waals surface area (Å²) in [5, 5.41) is 3.67. The van der Waals surface area contributed by atoms with Crippen molar-refractivity contribution in [2.24, 2.45) is 0 Å². The average Bonchev–Trinajstić information content (AvgIpc) is 2.85. The van der Waals surface area contributed by atoms with Gasteiger partial charge in [-0.15, -0.1) is 0 Å². The zero-order valence-corrected chi connectivity index (χ0v) is 22.2. The van der Waals surface area contributed by atoms with Crippen LogP contribution in [0.3, 0.4) is 0 Å². The molecule has 1 atom stereocenters. The van der Waals surface area contributed by atoms with Gasteiger partial charge in [-0.3, -0.25) is 9.59 Å². The van der Waals surface area contributed by atoms with Crippen molar-refractivity contribution in [1.29, 1.82) is 0 Å². The van der Waals surface area contributed by atoms with Gasteiger partial charge in [0.25, 0.3) is 5.91 Å². The molecule has 0 spiro atoms. The van der Waals surface area contributed by atoms with Gasteiger partial charge in [-0.05, 0) is 68.1 Å². The Hall–Kier alpha value is -3.31. The zero-order chi connectivity index (χ0) is 26.1. The second kappa shape index (κ2) is 12.6. The molecule has 0 saturated heterocycles.